The molecule has 11 heteroatoms. The fourth-order valence-corrected chi connectivity index (χ4v) is 4.16. The molecular weight excluding hydrogens is 448 g/mol. The Hall–Kier alpha value is -3.37. The highest BCUT2D eigenvalue weighted by Gasteiger charge is 2.24. The van der Waals surface area contributed by atoms with Crippen molar-refractivity contribution in [3.8, 4) is 11.1 Å². The summed E-state index contributed by atoms with van der Waals surface area (Å²) < 4.78 is 55.6. The summed E-state index contributed by atoms with van der Waals surface area (Å²) in [6.45, 7) is 0. The number of sulfonamides is 1. The van der Waals surface area contributed by atoms with E-state index in [4.69, 9.17) is 11.6 Å². The van der Waals surface area contributed by atoms with Gasteiger partial charge in [0.05, 0.1) is 18.1 Å². The van der Waals surface area contributed by atoms with Gasteiger partial charge in [0.1, 0.15) is 16.4 Å². The number of hydrazone groups is 1. The van der Waals surface area contributed by atoms with Crippen LogP contribution in [0.2, 0.25) is 5.02 Å². The molecule has 3 aromatic heterocycles. The van der Waals surface area contributed by atoms with Crippen molar-refractivity contribution in [2.24, 2.45) is 5.10 Å². The van der Waals surface area contributed by atoms with E-state index in [2.05, 4.69) is 15.1 Å². The van der Waals surface area contributed by atoms with Gasteiger partial charge in [-0.05, 0) is 42.5 Å². The summed E-state index contributed by atoms with van der Waals surface area (Å²) in [6.07, 6.45) is 5.71. The van der Waals surface area contributed by atoms with Gasteiger partial charge in [0.25, 0.3) is 10.0 Å². The van der Waals surface area contributed by atoms with E-state index in [-0.39, 0.29) is 5.02 Å². The SMILES string of the molecule is CN(/N=C/c1cnc2ccc(-c3cccnc3F)cn12)S(=O)(=O)c1cc(Cl)ccc1F. The van der Waals surface area contributed by atoms with Crippen molar-refractivity contribution in [2.45, 2.75) is 4.90 Å². The van der Waals surface area contributed by atoms with Crippen molar-refractivity contribution in [3.05, 3.63) is 83.5 Å². The molecule has 0 aliphatic rings. The van der Waals surface area contributed by atoms with Crippen LogP contribution in [0.1, 0.15) is 5.69 Å². The Morgan fingerprint density at radius 1 is 1.16 bits per heavy atom. The molecule has 0 aliphatic carbocycles. The molecule has 0 unspecified atom stereocenters. The molecule has 0 saturated carbocycles. The molecule has 0 aliphatic heterocycles. The van der Waals surface area contributed by atoms with Gasteiger partial charge in [-0.1, -0.05) is 11.6 Å². The van der Waals surface area contributed by atoms with Crippen LogP contribution in [0.3, 0.4) is 0 Å². The zero-order valence-corrected chi connectivity index (χ0v) is 17.5. The quantitative estimate of drug-likeness (QED) is 0.256. The number of hydrogen-bond acceptors (Lipinski definition) is 5. The molecule has 31 heavy (non-hydrogen) atoms. The predicted octanol–water partition coefficient (Wildman–Crippen LogP) is 3.98. The van der Waals surface area contributed by atoms with Crippen LogP contribution >= 0.6 is 11.6 Å². The molecule has 0 spiro atoms. The lowest BCUT2D eigenvalue weighted by Crippen LogP contribution is -2.23. The fraction of sp³-hybridized carbons (Fsp3) is 0.0500. The van der Waals surface area contributed by atoms with E-state index in [1.54, 1.807) is 34.9 Å². The van der Waals surface area contributed by atoms with E-state index in [0.29, 0.717) is 26.9 Å². The third-order valence-electron chi connectivity index (χ3n) is 4.48. The van der Waals surface area contributed by atoms with Crippen molar-refractivity contribution in [1.29, 1.82) is 0 Å². The largest absolute Gasteiger partial charge is 0.298 e. The first-order valence-electron chi connectivity index (χ1n) is 8.83. The van der Waals surface area contributed by atoms with E-state index in [1.165, 1.54) is 31.7 Å². The highest BCUT2D eigenvalue weighted by Crippen LogP contribution is 2.24. The van der Waals surface area contributed by atoms with Gasteiger partial charge in [-0.15, -0.1) is 0 Å². The number of pyridine rings is 2. The molecule has 0 saturated heterocycles. The Kier molecular flexibility index (Phi) is 5.42. The Morgan fingerprint density at radius 3 is 2.74 bits per heavy atom. The van der Waals surface area contributed by atoms with Gasteiger partial charge in [-0.2, -0.15) is 22.3 Å². The third-order valence-corrected chi connectivity index (χ3v) is 6.37. The number of hydrogen-bond donors (Lipinski definition) is 0. The van der Waals surface area contributed by atoms with Crippen LogP contribution in [-0.4, -0.2) is 40.5 Å². The monoisotopic (exact) mass is 461 g/mol. The van der Waals surface area contributed by atoms with Crippen LogP contribution in [0, 0.1) is 11.8 Å². The highest BCUT2D eigenvalue weighted by molar-refractivity contribution is 7.89. The van der Waals surface area contributed by atoms with Crippen LogP contribution in [0.15, 0.2) is 71.1 Å². The topological polar surface area (TPSA) is 79.9 Å². The molecule has 0 fully saturated rings. The Bertz CT molecular complexity index is 1420. The predicted molar refractivity (Wildman–Crippen MR) is 112 cm³/mol. The molecule has 0 radical (unpaired) electrons. The summed E-state index contributed by atoms with van der Waals surface area (Å²) in [5, 5.41) is 4.00. The van der Waals surface area contributed by atoms with Crippen LogP contribution in [0.5, 0.6) is 0 Å². The summed E-state index contributed by atoms with van der Waals surface area (Å²) >= 11 is 5.80. The number of nitrogens with zero attached hydrogens (tertiary/aromatic N) is 5. The molecule has 0 amide bonds. The van der Waals surface area contributed by atoms with Crippen LogP contribution in [-0.2, 0) is 10.0 Å². The average Bonchev–Trinajstić information content (AvgIpc) is 3.16. The third kappa shape index (κ3) is 3.99. The lowest BCUT2D eigenvalue weighted by atomic mass is 10.1. The van der Waals surface area contributed by atoms with E-state index in [0.717, 1.165) is 12.1 Å². The van der Waals surface area contributed by atoms with Crippen molar-refractivity contribution < 1.29 is 17.2 Å². The van der Waals surface area contributed by atoms with Gasteiger partial charge >= 0.3 is 0 Å². The number of rotatable bonds is 5. The maximum atomic E-state index is 14.0. The van der Waals surface area contributed by atoms with Crippen molar-refractivity contribution in [3.63, 3.8) is 0 Å². The number of aromatic nitrogens is 3. The van der Waals surface area contributed by atoms with Crippen LogP contribution in [0.25, 0.3) is 16.8 Å². The standard InChI is InChI=1S/C20H14ClF2N5O2S/c1-27(31(29,30)18-9-14(21)5-6-17(18)22)26-11-15-10-25-19-7-4-13(12-28(15)19)16-3-2-8-24-20(16)23/h2-12H,1H3/b26-11+. The number of halogens is 3. The summed E-state index contributed by atoms with van der Waals surface area (Å²) in [5.41, 5.74) is 1.82. The number of imidazole rings is 1. The summed E-state index contributed by atoms with van der Waals surface area (Å²) in [6, 6.07) is 9.82. The molecule has 158 valence electrons. The minimum absolute atomic E-state index is 0.0781. The first kappa shape index (κ1) is 20.9. The first-order chi connectivity index (χ1) is 14.8. The molecule has 1 aromatic carbocycles. The van der Waals surface area contributed by atoms with Gasteiger partial charge in [-0.25, -0.2) is 14.4 Å². The van der Waals surface area contributed by atoms with Gasteiger partial charge in [-0.3, -0.25) is 4.40 Å². The molecule has 0 bridgehead atoms. The van der Waals surface area contributed by atoms with Gasteiger partial charge in [0.15, 0.2) is 0 Å². The second kappa shape index (κ2) is 8.05. The maximum Gasteiger partial charge on any atom is 0.281 e. The lowest BCUT2D eigenvalue weighted by molar-refractivity contribution is 0.481. The van der Waals surface area contributed by atoms with Gasteiger partial charge in [0, 0.05) is 35.6 Å². The van der Waals surface area contributed by atoms with Gasteiger partial charge in [0.2, 0.25) is 5.95 Å². The highest BCUT2D eigenvalue weighted by atomic mass is 35.5. The molecular formula is C20H14ClF2N5O2S. The summed E-state index contributed by atoms with van der Waals surface area (Å²) in [5.74, 6) is -1.56. The average molecular weight is 462 g/mol. The maximum absolute atomic E-state index is 14.0. The Morgan fingerprint density at radius 2 is 1.97 bits per heavy atom. The van der Waals surface area contributed by atoms with Gasteiger partial charge < -0.3 is 0 Å². The number of benzene rings is 1. The first-order valence-corrected chi connectivity index (χ1v) is 10.6. The Labute approximate surface area is 181 Å². The second-order valence-corrected chi connectivity index (χ2v) is 8.78. The van der Waals surface area contributed by atoms with Crippen LogP contribution in [0.4, 0.5) is 8.78 Å². The lowest BCUT2D eigenvalue weighted by Gasteiger charge is -2.14. The summed E-state index contributed by atoms with van der Waals surface area (Å²) in [7, 11) is -3.09. The zero-order chi connectivity index (χ0) is 22.2. The van der Waals surface area contributed by atoms with Crippen molar-refractivity contribution in [1.82, 2.24) is 18.8 Å². The fourth-order valence-electron chi connectivity index (χ4n) is 2.88. The zero-order valence-electron chi connectivity index (χ0n) is 15.9. The van der Waals surface area contributed by atoms with E-state index < -0.39 is 26.7 Å². The van der Waals surface area contributed by atoms with Crippen molar-refractivity contribution >= 4 is 33.5 Å². The number of fused-ring (bicyclic) bond motifs is 1. The minimum Gasteiger partial charge on any atom is -0.298 e. The van der Waals surface area contributed by atoms with E-state index >= 15 is 0 Å². The van der Waals surface area contributed by atoms with Crippen LogP contribution < -0.4 is 0 Å². The molecule has 4 rings (SSSR count). The normalized spacial score (nSPS) is 12.0. The van der Waals surface area contributed by atoms with E-state index in [9.17, 15) is 17.2 Å². The molecule has 0 N–H and O–H groups in total. The molecule has 3 heterocycles. The van der Waals surface area contributed by atoms with E-state index in [1.807, 2.05) is 0 Å². The molecule has 4 aromatic rings. The second-order valence-electron chi connectivity index (χ2n) is 6.43. The Balaban J connectivity index is 1.69. The minimum atomic E-state index is -4.27. The van der Waals surface area contributed by atoms with Crippen molar-refractivity contribution in [2.75, 3.05) is 7.05 Å². The summed E-state index contributed by atoms with van der Waals surface area (Å²) in [4.78, 5) is 7.27. The smallest absolute Gasteiger partial charge is 0.281 e. The molecule has 7 nitrogen and oxygen atoms in total. The molecule has 0 atom stereocenters.